The van der Waals surface area contributed by atoms with Crippen LogP contribution in [0.15, 0.2) is 0 Å². The van der Waals surface area contributed by atoms with Crippen LogP contribution in [0.2, 0.25) is 0 Å². The van der Waals surface area contributed by atoms with Gasteiger partial charge < -0.3 is 0 Å². The normalized spacial score (nSPS) is 28.5. The highest BCUT2D eigenvalue weighted by Gasteiger charge is 2.73. The van der Waals surface area contributed by atoms with Crippen LogP contribution in [0.5, 0.6) is 0 Å². The minimum Gasteiger partial charge on any atom is -0.171 e. The second kappa shape index (κ2) is 45.8. The molecular weight excluding hydrogens is 1480 g/mol. The van der Waals surface area contributed by atoms with E-state index in [4.69, 9.17) is 0 Å². The predicted octanol–water partition coefficient (Wildman–Crippen LogP) is 36.7. The summed E-state index contributed by atoms with van der Waals surface area (Å²) in [5.41, 5.74) is -2.02. The second-order valence-electron chi connectivity index (χ2n) is 43.3. The van der Waals surface area contributed by atoms with Gasteiger partial charge in [0.1, 0.15) is 0 Å². The molecule has 111 heavy (non-hydrogen) atoms. The zero-order valence-electron chi connectivity index (χ0n) is 74.5. The van der Waals surface area contributed by atoms with Gasteiger partial charge in [-0.05, 0) is 227 Å². The molecule has 0 amide bonds. The summed E-state index contributed by atoms with van der Waals surface area (Å²) < 4.78 is 260. The Morgan fingerprint density at radius 2 is 0.568 bits per heavy atom. The minimum atomic E-state index is -5.20. The topological polar surface area (TPSA) is 0 Å². The summed E-state index contributed by atoms with van der Waals surface area (Å²) in [5.74, 6) is -3.74. The minimum absolute atomic E-state index is 0.0106. The molecule has 0 aliphatic heterocycles. The summed E-state index contributed by atoms with van der Waals surface area (Å²) in [7, 11) is 0. The standard InChI is InChI=1S/2C10H20.2C9H12F6.C9H15F3.2C8H13F3.2C8H16.C6H14.C5H12/c2*1-9(2)5-7-10(3,4)8-6-9;1-6-2-4-7(5-3-6,8(10,11)12)9(13,14)15;1-6-4-2-3-5-7(6,8(10,11)12)9(13,14)15;1-6-4-3-5-8(7(6)2)9(10,11)12;1-6-2-4-7(5-3-6)8(9,10)11;1-6-3-2-4-7(5-6)8(9,10)11;2*1-8(2)6-4-3-5-7-8;1-5-6(2,3)4;1-5(2,3)4/h2*5-8H2,1-4H3;2*6H,2-5H2,1H3;6-8H,3-5H2,1-2H3;2*6-7H,2-5H2,1H3;2*3-7H2,1-2H3;5H2,1-4H3;1-4H3/t;;;6-;6?,7-,8?;;6-,7?;;;;/m...11.1..../s1. The van der Waals surface area contributed by atoms with E-state index in [9.17, 15) is 92.2 Å². The Kier molecular flexibility index (Phi) is 46.0. The van der Waals surface area contributed by atoms with Crippen molar-refractivity contribution in [2.75, 3.05) is 0 Å². The molecule has 0 spiro atoms. The quantitative estimate of drug-likeness (QED) is 0.212. The van der Waals surface area contributed by atoms with Crippen LogP contribution in [-0.4, -0.2) is 43.2 Å². The first-order valence-corrected chi connectivity index (χ1v) is 42.9. The van der Waals surface area contributed by atoms with Crippen LogP contribution in [0.4, 0.5) is 92.2 Å². The molecule has 0 N–H and O–H groups in total. The van der Waals surface area contributed by atoms with Crippen LogP contribution < -0.4 is 0 Å². The molecule has 3 unspecified atom stereocenters. The van der Waals surface area contributed by atoms with Crippen molar-refractivity contribution in [3.8, 4) is 0 Å². The van der Waals surface area contributed by atoms with Gasteiger partial charge in [0.05, 0.1) is 17.8 Å². The average Bonchev–Trinajstić information content (AvgIpc) is 0.744. The van der Waals surface area contributed by atoms with E-state index in [1.165, 1.54) is 122 Å². The maximum Gasteiger partial charge on any atom is 0.403 e. The lowest BCUT2D eigenvalue weighted by molar-refractivity contribution is -0.364. The molecule has 6 atom stereocenters. The van der Waals surface area contributed by atoms with E-state index in [2.05, 4.69) is 138 Å². The van der Waals surface area contributed by atoms with Crippen LogP contribution >= 0.6 is 0 Å². The third kappa shape index (κ3) is 46.1. The molecule has 0 radical (unpaired) electrons. The highest BCUT2D eigenvalue weighted by Crippen LogP contribution is 2.62. The SMILES string of the molecule is CC(C)(C)C.CC1(C)CCC(C)(C)CC1.CC1(C)CCC(C)(C)CC1.CC1(C)CCCCC1.CC1(C)CCCCC1.CC1CCC(C(F)(F)F)(C(F)(F)F)CC1.CC1CCC(C(F)(F)F)CC1.CC1CCCC(C(F)(F)F)[C@@H]1C.CCC(C)(C)C.C[C@@H]1CCCC(C(F)(F)F)C1.C[C@@H]1CCCCC1(C(F)(F)F)C(F)(F)F. The van der Waals surface area contributed by atoms with Crippen LogP contribution in [0.25, 0.3) is 0 Å². The van der Waals surface area contributed by atoms with Crippen LogP contribution in [0.3, 0.4) is 0 Å². The molecule has 0 aromatic heterocycles. The van der Waals surface area contributed by atoms with Crippen molar-refractivity contribution < 1.29 is 92.2 Å². The average molecular weight is 1640 g/mol. The van der Waals surface area contributed by atoms with E-state index in [-0.39, 0.29) is 49.4 Å². The third-order valence-electron chi connectivity index (χ3n) is 25.9. The molecule has 9 saturated carbocycles. The summed E-state index contributed by atoms with van der Waals surface area (Å²) in [6.45, 7) is 56.6. The Labute approximate surface area is 664 Å². The Morgan fingerprint density at radius 1 is 0.270 bits per heavy atom. The van der Waals surface area contributed by atoms with Crippen LogP contribution in [0, 0.1) is 107 Å². The zero-order chi connectivity index (χ0) is 87.6. The maximum atomic E-state index is 12.6. The highest BCUT2D eigenvalue weighted by molar-refractivity contribution is 4.99. The van der Waals surface area contributed by atoms with Crippen molar-refractivity contribution in [1.29, 1.82) is 0 Å². The molecule has 9 rings (SSSR count). The van der Waals surface area contributed by atoms with Crippen LogP contribution in [-0.2, 0) is 0 Å². The van der Waals surface area contributed by atoms with Crippen molar-refractivity contribution in [3.05, 3.63) is 0 Å². The van der Waals surface area contributed by atoms with Crippen molar-refractivity contribution in [2.45, 2.75) is 467 Å². The van der Waals surface area contributed by atoms with Gasteiger partial charge in [-0.25, -0.2) is 0 Å². The Morgan fingerprint density at radius 3 is 0.793 bits per heavy atom. The molecule has 0 aromatic rings. The fraction of sp³-hybridized carbons (Fsp3) is 1.00. The van der Waals surface area contributed by atoms with Gasteiger partial charge in [-0.1, -0.05) is 276 Å². The molecule has 9 fully saturated rings. The van der Waals surface area contributed by atoms with Gasteiger partial charge in [0, 0.05) is 0 Å². The third-order valence-corrected chi connectivity index (χ3v) is 25.9. The van der Waals surface area contributed by atoms with Gasteiger partial charge in [0.2, 0.25) is 0 Å². The smallest absolute Gasteiger partial charge is 0.171 e. The number of halogens is 21. The van der Waals surface area contributed by atoms with Gasteiger partial charge in [-0.2, -0.15) is 92.2 Å². The van der Waals surface area contributed by atoms with E-state index >= 15 is 0 Å². The number of alkyl halides is 21. The molecule has 0 aromatic carbocycles. The summed E-state index contributed by atoms with van der Waals surface area (Å²) in [4.78, 5) is 0. The highest BCUT2D eigenvalue weighted by atomic mass is 19.4. The van der Waals surface area contributed by atoms with Crippen molar-refractivity contribution in [3.63, 3.8) is 0 Å². The van der Waals surface area contributed by atoms with Gasteiger partial charge in [0.25, 0.3) is 0 Å². The Bertz CT molecular complexity index is 2250. The first-order valence-electron chi connectivity index (χ1n) is 42.9. The van der Waals surface area contributed by atoms with Gasteiger partial charge >= 0.3 is 43.2 Å². The van der Waals surface area contributed by atoms with Gasteiger partial charge in [0.15, 0.2) is 10.8 Å². The fourth-order valence-electron chi connectivity index (χ4n) is 15.9. The summed E-state index contributed by atoms with van der Waals surface area (Å²) in [6.07, 6.45) is -0.994. The van der Waals surface area contributed by atoms with E-state index < -0.39 is 97.0 Å². The largest absolute Gasteiger partial charge is 0.403 e. The summed E-state index contributed by atoms with van der Waals surface area (Å²) in [5, 5.41) is 0. The van der Waals surface area contributed by atoms with E-state index in [1.807, 2.05) is 20.8 Å². The van der Waals surface area contributed by atoms with E-state index in [1.54, 1.807) is 13.8 Å². The van der Waals surface area contributed by atoms with Gasteiger partial charge in [-0.3, -0.25) is 0 Å². The molecule has 670 valence electrons. The molecule has 0 bridgehead atoms. The lowest BCUT2D eigenvalue weighted by Crippen LogP contribution is -2.55. The molecular formula is C90H163F21. The maximum absolute atomic E-state index is 12.6. The predicted molar refractivity (Wildman–Crippen MR) is 421 cm³/mol. The van der Waals surface area contributed by atoms with Crippen molar-refractivity contribution in [1.82, 2.24) is 0 Å². The first kappa shape index (κ1) is 112. The fourth-order valence-corrected chi connectivity index (χ4v) is 15.9. The zero-order valence-corrected chi connectivity index (χ0v) is 74.5. The van der Waals surface area contributed by atoms with Crippen LogP contribution in [0.1, 0.15) is 424 Å². The first-order chi connectivity index (χ1) is 49.5. The number of rotatable bonds is 0. The Hall–Kier alpha value is -1.47. The molecule has 9 aliphatic rings. The molecule has 0 heterocycles. The summed E-state index contributed by atoms with van der Waals surface area (Å²) in [6, 6.07) is 0. The molecule has 0 saturated heterocycles. The summed E-state index contributed by atoms with van der Waals surface area (Å²) >= 11 is 0. The van der Waals surface area contributed by atoms with E-state index in [0.717, 1.165) is 45.4 Å². The van der Waals surface area contributed by atoms with Gasteiger partial charge in [-0.15, -0.1) is 0 Å². The molecule has 0 nitrogen and oxygen atoms in total. The molecule has 21 heteroatoms. The molecule has 9 aliphatic carbocycles. The second-order valence-corrected chi connectivity index (χ2v) is 43.3. The van der Waals surface area contributed by atoms with E-state index in [0.29, 0.717) is 87.8 Å². The lowest BCUT2D eigenvalue weighted by Gasteiger charge is -2.44. The number of hydrogen-bond acceptors (Lipinski definition) is 0. The van der Waals surface area contributed by atoms with Crippen molar-refractivity contribution in [2.24, 2.45) is 107 Å². The Balaban J connectivity index is 0. The lowest BCUT2D eigenvalue weighted by atomic mass is 9.66. The monoisotopic (exact) mass is 1640 g/mol. The number of hydrogen-bond donors (Lipinski definition) is 0. The van der Waals surface area contributed by atoms with Crippen molar-refractivity contribution >= 4 is 0 Å².